The summed E-state index contributed by atoms with van der Waals surface area (Å²) in [4.78, 5) is 18.2. The molecule has 2 heterocycles. The molecule has 4 rings (SSSR count). The van der Waals surface area contributed by atoms with Gasteiger partial charge >= 0.3 is 0 Å². The second-order valence-electron chi connectivity index (χ2n) is 6.82. The molecule has 0 unspecified atom stereocenters. The van der Waals surface area contributed by atoms with Crippen LogP contribution in [-0.2, 0) is 6.42 Å². The second kappa shape index (κ2) is 8.86. The van der Waals surface area contributed by atoms with Gasteiger partial charge in [0.05, 0.1) is 22.1 Å². The van der Waals surface area contributed by atoms with Crippen molar-refractivity contribution in [3.05, 3.63) is 85.3 Å². The first-order valence-corrected chi connectivity index (χ1v) is 11.2. The molecule has 4 aromatic rings. The van der Waals surface area contributed by atoms with Crippen LogP contribution in [0, 0.1) is 19.7 Å². The topological polar surface area (TPSA) is 72.7 Å². The van der Waals surface area contributed by atoms with E-state index in [1.54, 1.807) is 19.1 Å². The van der Waals surface area contributed by atoms with E-state index in [4.69, 9.17) is 11.6 Å². The number of carbonyl (C=O) groups excluding carboxylic acids is 1. The van der Waals surface area contributed by atoms with Crippen LogP contribution in [0.2, 0.25) is 5.02 Å². The maximum absolute atomic E-state index is 13.2. The van der Waals surface area contributed by atoms with Gasteiger partial charge in [0, 0.05) is 15.8 Å². The quantitative estimate of drug-likeness (QED) is 0.364. The van der Waals surface area contributed by atoms with Gasteiger partial charge < -0.3 is 0 Å². The second-order valence-corrected chi connectivity index (χ2v) is 9.16. The Kier molecular flexibility index (Phi) is 6.17. The number of aryl methyl sites for hydroxylation is 1. The third-order valence-corrected chi connectivity index (χ3v) is 6.95. The first kappa shape index (κ1) is 21.6. The summed E-state index contributed by atoms with van der Waals surface area (Å²) in [5, 5.41) is 11.9. The lowest BCUT2D eigenvalue weighted by atomic mass is 10.1. The Morgan fingerprint density at radius 3 is 2.68 bits per heavy atom. The number of nitrogens with one attached hydrogen (secondary N) is 1. The Hall–Kier alpha value is -2.62. The van der Waals surface area contributed by atoms with Crippen molar-refractivity contribution in [1.82, 2.24) is 20.0 Å². The number of anilines is 1. The van der Waals surface area contributed by atoms with E-state index in [2.05, 4.69) is 36.5 Å². The standard InChI is InChI=1S/C21H16BrClFN5OS/c1-11-18(10-13-3-8-16(22)17(23)9-13)31-21(25-11)26-20(30)19-12(2)29(28-27-19)15-6-4-14(24)5-7-15/h3-9H,10H2,1-2H3,(H,25,26,30). The van der Waals surface area contributed by atoms with E-state index >= 15 is 0 Å². The minimum absolute atomic E-state index is 0.179. The number of thiazole rings is 1. The van der Waals surface area contributed by atoms with Gasteiger partial charge in [-0.05, 0) is 71.7 Å². The van der Waals surface area contributed by atoms with Crippen molar-refractivity contribution in [2.75, 3.05) is 5.32 Å². The first-order valence-electron chi connectivity index (χ1n) is 9.21. The van der Waals surface area contributed by atoms with Gasteiger partial charge in [-0.15, -0.1) is 16.4 Å². The Balaban J connectivity index is 1.51. The smallest absolute Gasteiger partial charge is 0.279 e. The Morgan fingerprint density at radius 2 is 1.97 bits per heavy atom. The van der Waals surface area contributed by atoms with Crippen molar-refractivity contribution in [2.24, 2.45) is 0 Å². The Bertz CT molecular complexity index is 1270. The van der Waals surface area contributed by atoms with E-state index in [9.17, 15) is 9.18 Å². The third-order valence-electron chi connectivity index (χ3n) is 4.64. The van der Waals surface area contributed by atoms with Gasteiger partial charge in [0.25, 0.3) is 5.91 Å². The average Bonchev–Trinajstić information content (AvgIpc) is 3.27. The van der Waals surface area contributed by atoms with Gasteiger partial charge in [-0.3, -0.25) is 10.1 Å². The summed E-state index contributed by atoms with van der Waals surface area (Å²) in [5.41, 5.74) is 3.23. The van der Waals surface area contributed by atoms with Crippen LogP contribution in [0.3, 0.4) is 0 Å². The molecular weight excluding hydrogens is 505 g/mol. The van der Waals surface area contributed by atoms with Crippen LogP contribution in [0.4, 0.5) is 9.52 Å². The highest BCUT2D eigenvalue weighted by atomic mass is 79.9. The van der Waals surface area contributed by atoms with Crippen molar-refractivity contribution < 1.29 is 9.18 Å². The maximum Gasteiger partial charge on any atom is 0.279 e. The van der Waals surface area contributed by atoms with E-state index < -0.39 is 5.91 Å². The maximum atomic E-state index is 13.2. The minimum Gasteiger partial charge on any atom is -0.296 e. The largest absolute Gasteiger partial charge is 0.296 e. The van der Waals surface area contributed by atoms with Gasteiger partial charge in [0.15, 0.2) is 10.8 Å². The number of amides is 1. The molecule has 0 bridgehead atoms. The van der Waals surface area contributed by atoms with E-state index in [1.807, 2.05) is 25.1 Å². The molecule has 1 amide bonds. The number of nitrogens with zero attached hydrogens (tertiary/aromatic N) is 4. The molecule has 0 aliphatic heterocycles. The van der Waals surface area contributed by atoms with Gasteiger partial charge in [-0.1, -0.05) is 22.9 Å². The summed E-state index contributed by atoms with van der Waals surface area (Å²) in [6.07, 6.45) is 0.659. The number of aromatic nitrogens is 4. The van der Waals surface area contributed by atoms with E-state index in [1.165, 1.54) is 28.2 Å². The molecule has 2 aromatic carbocycles. The molecule has 0 saturated heterocycles. The zero-order chi connectivity index (χ0) is 22.1. The summed E-state index contributed by atoms with van der Waals surface area (Å²) in [5.74, 6) is -0.752. The van der Waals surface area contributed by atoms with Crippen LogP contribution in [0.1, 0.15) is 32.3 Å². The molecule has 0 radical (unpaired) electrons. The van der Waals surface area contributed by atoms with Crippen LogP contribution in [0.15, 0.2) is 46.9 Å². The monoisotopic (exact) mass is 519 g/mol. The van der Waals surface area contributed by atoms with Crippen LogP contribution in [-0.4, -0.2) is 25.9 Å². The van der Waals surface area contributed by atoms with Crippen LogP contribution in [0.5, 0.6) is 0 Å². The molecule has 158 valence electrons. The van der Waals surface area contributed by atoms with Gasteiger partial charge in [-0.2, -0.15) is 0 Å². The highest BCUT2D eigenvalue weighted by molar-refractivity contribution is 9.10. The van der Waals surface area contributed by atoms with Crippen LogP contribution >= 0.6 is 38.9 Å². The molecule has 1 N–H and O–H groups in total. The number of benzene rings is 2. The van der Waals surface area contributed by atoms with Crippen LogP contribution < -0.4 is 5.32 Å². The first-order chi connectivity index (χ1) is 14.8. The number of halogens is 3. The normalized spacial score (nSPS) is 11.0. The molecule has 31 heavy (non-hydrogen) atoms. The van der Waals surface area contributed by atoms with Gasteiger partial charge in [0.2, 0.25) is 0 Å². The summed E-state index contributed by atoms with van der Waals surface area (Å²) in [7, 11) is 0. The fraction of sp³-hybridized carbons (Fsp3) is 0.143. The van der Waals surface area contributed by atoms with Crippen molar-refractivity contribution in [3.63, 3.8) is 0 Å². The van der Waals surface area contributed by atoms with Gasteiger partial charge in [0.1, 0.15) is 5.82 Å². The SMILES string of the molecule is Cc1nc(NC(=O)c2nnn(-c3ccc(F)cc3)c2C)sc1Cc1ccc(Br)c(Cl)c1. The van der Waals surface area contributed by atoms with Crippen molar-refractivity contribution >= 4 is 49.9 Å². The average molecular weight is 521 g/mol. The van der Waals surface area contributed by atoms with Crippen LogP contribution in [0.25, 0.3) is 5.69 Å². The molecule has 2 aromatic heterocycles. The number of rotatable bonds is 5. The van der Waals surface area contributed by atoms with Crippen molar-refractivity contribution in [2.45, 2.75) is 20.3 Å². The zero-order valence-corrected chi connectivity index (χ0v) is 19.6. The fourth-order valence-electron chi connectivity index (χ4n) is 3.00. The predicted molar refractivity (Wildman–Crippen MR) is 123 cm³/mol. The lowest BCUT2D eigenvalue weighted by Gasteiger charge is -2.03. The molecule has 10 heteroatoms. The van der Waals surface area contributed by atoms with Crippen molar-refractivity contribution in [3.8, 4) is 5.69 Å². The fourth-order valence-corrected chi connectivity index (χ4v) is 4.44. The number of carbonyl (C=O) groups is 1. The van der Waals surface area contributed by atoms with Crippen molar-refractivity contribution in [1.29, 1.82) is 0 Å². The van der Waals surface area contributed by atoms with E-state index in [0.29, 0.717) is 28.0 Å². The summed E-state index contributed by atoms with van der Waals surface area (Å²) >= 11 is 11.0. The molecular formula is C21H16BrClFN5OS. The highest BCUT2D eigenvalue weighted by Gasteiger charge is 2.19. The number of hydrogen-bond acceptors (Lipinski definition) is 5. The number of hydrogen-bond donors (Lipinski definition) is 1. The minimum atomic E-state index is -0.405. The lowest BCUT2D eigenvalue weighted by molar-refractivity contribution is 0.102. The molecule has 0 spiro atoms. The Labute approximate surface area is 195 Å². The molecule has 0 atom stereocenters. The predicted octanol–water partition coefficient (Wildman–Crippen LogP) is 5.74. The summed E-state index contributed by atoms with van der Waals surface area (Å²) in [6, 6.07) is 11.6. The molecule has 0 fully saturated rings. The molecule has 0 saturated carbocycles. The van der Waals surface area contributed by atoms with E-state index in [0.717, 1.165) is 20.6 Å². The molecule has 6 nitrogen and oxygen atoms in total. The molecule has 0 aliphatic rings. The zero-order valence-electron chi connectivity index (χ0n) is 16.5. The van der Waals surface area contributed by atoms with Gasteiger partial charge in [-0.25, -0.2) is 14.1 Å². The highest BCUT2D eigenvalue weighted by Crippen LogP contribution is 2.29. The summed E-state index contributed by atoms with van der Waals surface area (Å²) in [6.45, 7) is 3.63. The van der Waals surface area contributed by atoms with E-state index in [-0.39, 0.29) is 11.5 Å². The molecule has 0 aliphatic carbocycles. The Morgan fingerprint density at radius 1 is 1.23 bits per heavy atom. The third kappa shape index (κ3) is 4.68. The lowest BCUT2D eigenvalue weighted by Crippen LogP contribution is -2.14. The summed E-state index contributed by atoms with van der Waals surface area (Å²) < 4.78 is 15.5.